The fraction of sp³-hybridized carbons (Fsp3) is 0.182. The van der Waals surface area contributed by atoms with Crippen LogP contribution in [0.15, 0.2) is 102 Å². The van der Waals surface area contributed by atoms with Crippen molar-refractivity contribution in [3.63, 3.8) is 0 Å². The molecule has 41 heavy (non-hydrogen) atoms. The third-order valence-corrected chi connectivity index (χ3v) is 7.40. The van der Waals surface area contributed by atoms with Crippen LogP contribution in [0, 0.1) is 17.5 Å². The van der Waals surface area contributed by atoms with E-state index in [2.05, 4.69) is 5.32 Å². The highest BCUT2D eigenvalue weighted by atomic mass is 19.2. The number of nitrogens with zero attached hydrogens (tertiary/aromatic N) is 2. The lowest BCUT2D eigenvalue weighted by Crippen LogP contribution is -2.48. The SMILES string of the molecule is CC[C@H](c1ccc(F)c(F)c1)[C@@H](C(=O)N[C@H]1N=C(c2ccccc2)c2ccccc2N(C)C1=O)c1ccc(F)cc1. The second kappa shape index (κ2) is 11.8. The minimum absolute atomic E-state index is 0.378. The van der Waals surface area contributed by atoms with Crippen molar-refractivity contribution in [2.24, 2.45) is 4.99 Å². The van der Waals surface area contributed by atoms with Crippen LogP contribution in [0.1, 0.15) is 47.4 Å². The van der Waals surface area contributed by atoms with Gasteiger partial charge in [0.25, 0.3) is 5.91 Å². The summed E-state index contributed by atoms with van der Waals surface area (Å²) in [7, 11) is 1.62. The molecule has 4 aromatic rings. The average molecular weight is 556 g/mol. The van der Waals surface area contributed by atoms with Gasteiger partial charge in [-0.2, -0.15) is 0 Å². The lowest BCUT2D eigenvalue weighted by Gasteiger charge is -2.28. The quantitative estimate of drug-likeness (QED) is 0.289. The van der Waals surface area contributed by atoms with Gasteiger partial charge in [0, 0.05) is 18.2 Å². The predicted molar refractivity (Wildman–Crippen MR) is 152 cm³/mol. The van der Waals surface area contributed by atoms with E-state index >= 15 is 0 Å². The van der Waals surface area contributed by atoms with Gasteiger partial charge in [0.15, 0.2) is 11.6 Å². The molecule has 0 radical (unpaired) electrons. The first-order valence-electron chi connectivity index (χ1n) is 13.3. The van der Waals surface area contributed by atoms with Crippen molar-refractivity contribution in [3.05, 3.63) is 137 Å². The number of nitrogens with one attached hydrogen (secondary N) is 1. The van der Waals surface area contributed by atoms with E-state index in [0.29, 0.717) is 28.9 Å². The van der Waals surface area contributed by atoms with Crippen LogP contribution in [0.3, 0.4) is 0 Å². The lowest BCUT2D eigenvalue weighted by atomic mass is 9.79. The molecule has 0 fully saturated rings. The van der Waals surface area contributed by atoms with Crippen LogP contribution in [-0.4, -0.2) is 30.7 Å². The number of rotatable bonds is 7. The van der Waals surface area contributed by atoms with E-state index in [4.69, 9.17) is 4.99 Å². The van der Waals surface area contributed by atoms with Crippen LogP contribution < -0.4 is 10.2 Å². The molecule has 5 rings (SSSR count). The van der Waals surface area contributed by atoms with E-state index in [-0.39, 0.29) is 0 Å². The summed E-state index contributed by atoms with van der Waals surface area (Å²) in [6.07, 6.45) is -0.899. The molecule has 1 N–H and O–H groups in total. The molecule has 4 aromatic carbocycles. The van der Waals surface area contributed by atoms with Crippen molar-refractivity contribution in [2.75, 3.05) is 11.9 Å². The first-order chi connectivity index (χ1) is 19.8. The number of benzene rings is 4. The molecule has 8 heteroatoms. The minimum Gasteiger partial charge on any atom is -0.326 e. The zero-order valence-electron chi connectivity index (χ0n) is 22.5. The Morgan fingerprint density at radius 2 is 1.54 bits per heavy atom. The number of carbonyl (C=O) groups is 2. The maximum Gasteiger partial charge on any atom is 0.272 e. The van der Waals surface area contributed by atoms with Gasteiger partial charge >= 0.3 is 0 Å². The summed E-state index contributed by atoms with van der Waals surface area (Å²) in [5, 5.41) is 2.82. The summed E-state index contributed by atoms with van der Waals surface area (Å²) in [5.74, 6) is -5.08. The molecular formula is C33H28F3N3O2. The second-order valence-corrected chi connectivity index (χ2v) is 9.89. The first-order valence-corrected chi connectivity index (χ1v) is 13.3. The molecule has 0 aliphatic carbocycles. The number of amides is 2. The summed E-state index contributed by atoms with van der Waals surface area (Å²) >= 11 is 0. The minimum atomic E-state index is -1.28. The Morgan fingerprint density at radius 1 is 0.878 bits per heavy atom. The Hall–Kier alpha value is -4.72. The van der Waals surface area contributed by atoms with Crippen LogP contribution in [-0.2, 0) is 9.59 Å². The molecule has 208 valence electrons. The Kier molecular flexibility index (Phi) is 8.01. The van der Waals surface area contributed by atoms with E-state index in [1.165, 1.54) is 35.2 Å². The molecule has 0 saturated heterocycles. The number of para-hydroxylation sites is 1. The van der Waals surface area contributed by atoms with E-state index in [1.54, 1.807) is 7.05 Å². The van der Waals surface area contributed by atoms with Crippen LogP contribution in [0.25, 0.3) is 0 Å². The highest BCUT2D eigenvalue weighted by molar-refractivity contribution is 6.20. The van der Waals surface area contributed by atoms with Crippen LogP contribution in [0.4, 0.5) is 18.9 Å². The van der Waals surface area contributed by atoms with E-state index in [0.717, 1.165) is 23.3 Å². The van der Waals surface area contributed by atoms with Gasteiger partial charge in [-0.15, -0.1) is 0 Å². The fourth-order valence-corrected chi connectivity index (χ4v) is 5.31. The van der Waals surface area contributed by atoms with Crippen molar-refractivity contribution in [1.29, 1.82) is 0 Å². The van der Waals surface area contributed by atoms with Gasteiger partial charge in [-0.05, 0) is 53.8 Å². The smallest absolute Gasteiger partial charge is 0.272 e. The number of fused-ring (bicyclic) bond motifs is 1. The first kappa shape index (κ1) is 27.8. The van der Waals surface area contributed by atoms with E-state index < -0.39 is 47.3 Å². The van der Waals surface area contributed by atoms with Gasteiger partial charge in [-0.25, -0.2) is 18.2 Å². The zero-order valence-corrected chi connectivity index (χ0v) is 22.5. The van der Waals surface area contributed by atoms with Crippen LogP contribution in [0.2, 0.25) is 0 Å². The normalized spacial score (nSPS) is 16.3. The highest BCUT2D eigenvalue weighted by Gasteiger charge is 2.36. The lowest BCUT2D eigenvalue weighted by molar-refractivity contribution is -0.128. The number of carbonyl (C=O) groups excluding carboxylic acids is 2. The Morgan fingerprint density at radius 3 is 2.22 bits per heavy atom. The van der Waals surface area contributed by atoms with Crippen LogP contribution >= 0.6 is 0 Å². The third kappa shape index (κ3) is 5.63. The van der Waals surface area contributed by atoms with Crippen molar-refractivity contribution < 1.29 is 22.8 Å². The maximum absolute atomic E-state index is 14.2. The Bertz CT molecular complexity index is 1610. The Balaban J connectivity index is 1.58. The monoisotopic (exact) mass is 555 g/mol. The second-order valence-electron chi connectivity index (χ2n) is 9.89. The number of hydrogen-bond acceptors (Lipinski definition) is 3. The van der Waals surface area contributed by atoms with Crippen molar-refractivity contribution in [2.45, 2.75) is 31.3 Å². The molecule has 5 nitrogen and oxygen atoms in total. The molecule has 0 spiro atoms. The standard InChI is InChI=1S/C33H28F3N3O2/c1-3-24(22-15-18-26(35)27(36)19-22)29(20-13-16-23(34)17-14-20)32(40)38-31-33(41)39(2)28-12-8-7-11-25(28)30(37-31)21-9-5-4-6-10-21/h4-19,24,29,31H,3H2,1-2H3,(H,38,40)/t24-,29+,31-/m1/s1. The van der Waals surface area contributed by atoms with Gasteiger partial charge in [0.05, 0.1) is 17.3 Å². The number of halogens is 3. The van der Waals surface area contributed by atoms with Gasteiger partial charge in [0.2, 0.25) is 12.1 Å². The third-order valence-electron chi connectivity index (χ3n) is 7.40. The van der Waals surface area contributed by atoms with Crippen LogP contribution in [0.5, 0.6) is 0 Å². The number of hydrogen-bond donors (Lipinski definition) is 1. The molecule has 2 amide bonds. The van der Waals surface area contributed by atoms with E-state index in [1.807, 2.05) is 61.5 Å². The molecule has 0 saturated carbocycles. The van der Waals surface area contributed by atoms with Gasteiger partial charge < -0.3 is 10.2 Å². The molecule has 0 aromatic heterocycles. The fourth-order valence-electron chi connectivity index (χ4n) is 5.31. The summed E-state index contributed by atoms with van der Waals surface area (Å²) in [4.78, 5) is 34.0. The molecule has 3 atom stereocenters. The summed E-state index contributed by atoms with van der Waals surface area (Å²) in [6.45, 7) is 1.82. The topological polar surface area (TPSA) is 61.8 Å². The predicted octanol–water partition coefficient (Wildman–Crippen LogP) is 6.34. The summed E-state index contributed by atoms with van der Waals surface area (Å²) in [6, 6.07) is 25.7. The molecule has 1 aliphatic heterocycles. The maximum atomic E-state index is 14.2. The number of aliphatic imine (C=N–C) groups is 1. The van der Waals surface area contributed by atoms with E-state index in [9.17, 15) is 22.8 Å². The van der Waals surface area contributed by atoms with Crippen molar-refractivity contribution in [3.8, 4) is 0 Å². The van der Waals surface area contributed by atoms with Crippen molar-refractivity contribution in [1.82, 2.24) is 5.32 Å². The largest absolute Gasteiger partial charge is 0.326 e. The molecule has 0 unspecified atom stereocenters. The van der Waals surface area contributed by atoms with Crippen molar-refractivity contribution >= 4 is 23.2 Å². The average Bonchev–Trinajstić information content (AvgIpc) is 3.09. The highest BCUT2D eigenvalue weighted by Crippen LogP contribution is 2.37. The number of likely N-dealkylation sites (N-methyl/N-ethyl adjacent to an activating group) is 1. The molecule has 1 heterocycles. The molecule has 0 bridgehead atoms. The number of benzodiazepines with no additional fused rings is 1. The molecule has 1 aliphatic rings. The number of anilines is 1. The molecular weight excluding hydrogens is 527 g/mol. The zero-order chi connectivity index (χ0) is 29.1. The van der Waals surface area contributed by atoms with Gasteiger partial charge in [-0.1, -0.05) is 73.7 Å². The van der Waals surface area contributed by atoms with Gasteiger partial charge in [-0.3, -0.25) is 9.59 Å². The summed E-state index contributed by atoms with van der Waals surface area (Å²) in [5.41, 5.74) is 3.54. The Labute approximate surface area is 236 Å². The summed E-state index contributed by atoms with van der Waals surface area (Å²) < 4.78 is 41.8. The van der Waals surface area contributed by atoms with Gasteiger partial charge in [0.1, 0.15) is 5.82 Å².